The van der Waals surface area contributed by atoms with Crippen LogP contribution in [0.2, 0.25) is 0 Å². The first-order valence-electron chi connectivity index (χ1n) is 11.7. The summed E-state index contributed by atoms with van der Waals surface area (Å²) in [7, 11) is 0. The molecule has 0 saturated heterocycles. The van der Waals surface area contributed by atoms with Crippen molar-refractivity contribution in [3.05, 3.63) is 103 Å². The van der Waals surface area contributed by atoms with Gasteiger partial charge in [-0.2, -0.15) is 22.7 Å². The number of nitrogens with zero attached hydrogens (tertiary/aromatic N) is 4. The lowest BCUT2D eigenvalue weighted by Crippen LogP contribution is -2.37. The number of aromatic nitrogens is 3. The summed E-state index contributed by atoms with van der Waals surface area (Å²) in [6.45, 7) is -0.474. The van der Waals surface area contributed by atoms with Gasteiger partial charge in [-0.15, -0.1) is 5.10 Å². The Morgan fingerprint density at radius 1 is 1.00 bits per heavy atom. The van der Waals surface area contributed by atoms with E-state index in [0.29, 0.717) is 27.6 Å². The number of alkyl halides is 3. The Labute approximate surface area is 235 Å². The maximum Gasteiger partial charge on any atom is 0.416 e. The first-order chi connectivity index (χ1) is 19.1. The SMILES string of the molecule is O=C(CN1C(=O)C(=c2sc3nc(-c4ccc(Br)cc4)nn3c2=O)c2ccccc21)Nc1cccc(C(F)(F)F)c1. The fourth-order valence-electron chi connectivity index (χ4n) is 4.38. The zero-order valence-corrected chi connectivity index (χ0v) is 22.5. The van der Waals surface area contributed by atoms with Gasteiger partial charge >= 0.3 is 6.18 Å². The van der Waals surface area contributed by atoms with E-state index in [1.54, 1.807) is 24.3 Å². The van der Waals surface area contributed by atoms with Gasteiger partial charge in [0, 0.05) is 21.3 Å². The van der Waals surface area contributed by atoms with Crippen LogP contribution >= 0.6 is 27.3 Å². The van der Waals surface area contributed by atoms with Gasteiger partial charge in [-0.1, -0.05) is 63.7 Å². The first kappa shape index (κ1) is 25.9. The van der Waals surface area contributed by atoms with Gasteiger partial charge in [0.1, 0.15) is 11.1 Å². The molecule has 13 heteroatoms. The average molecular weight is 626 g/mol. The van der Waals surface area contributed by atoms with Crippen molar-refractivity contribution < 1.29 is 22.8 Å². The summed E-state index contributed by atoms with van der Waals surface area (Å²) >= 11 is 4.38. The minimum Gasteiger partial charge on any atom is -0.325 e. The van der Waals surface area contributed by atoms with Gasteiger partial charge in [-0.25, -0.2) is 0 Å². The number of carbonyl (C=O) groups excluding carboxylic acids is 2. The van der Waals surface area contributed by atoms with E-state index in [0.717, 1.165) is 32.5 Å². The third-order valence-electron chi connectivity index (χ3n) is 6.19. The van der Waals surface area contributed by atoms with Crippen molar-refractivity contribution in [3.8, 4) is 11.4 Å². The van der Waals surface area contributed by atoms with Crippen LogP contribution in [0.15, 0.2) is 82.1 Å². The smallest absolute Gasteiger partial charge is 0.325 e. The van der Waals surface area contributed by atoms with E-state index in [1.807, 2.05) is 24.3 Å². The molecule has 0 unspecified atom stereocenters. The molecule has 5 aromatic rings. The van der Waals surface area contributed by atoms with Crippen LogP contribution in [-0.4, -0.2) is 33.0 Å². The second kappa shape index (κ2) is 9.68. The number of anilines is 2. The fourth-order valence-corrected chi connectivity index (χ4v) is 5.64. The van der Waals surface area contributed by atoms with Gasteiger partial charge in [0.15, 0.2) is 5.82 Å². The van der Waals surface area contributed by atoms with Crippen molar-refractivity contribution >= 4 is 61.0 Å². The monoisotopic (exact) mass is 625 g/mol. The summed E-state index contributed by atoms with van der Waals surface area (Å²) in [6, 6.07) is 18.2. The average Bonchev–Trinajstić information content (AvgIpc) is 3.55. The van der Waals surface area contributed by atoms with Crippen LogP contribution in [0.1, 0.15) is 11.1 Å². The predicted molar refractivity (Wildman–Crippen MR) is 147 cm³/mol. The molecule has 0 fully saturated rings. The largest absolute Gasteiger partial charge is 0.416 e. The Balaban J connectivity index is 1.34. The molecule has 3 aromatic carbocycles. The quantitative estimate of drug-likeness (QED) is 0.317. The second-order valence-electron chi connectivity index (χ2n) is 8.78. The number of hydrogen-bond acceptors (Lipinski definition) is 6. The summed E-state index contributed by atoms with van der Waals surface area (Å²) in [5.74, 6) is -0.929. The Kier molecular flexibility index (Phi) is 6.27. The Morgan fingerprint density at radius 3 is 2.48 bits per heavy atom. The Bertz CT molecular complexity index is 1940. The standard InChI is InChI=1S/C27H15BrF3N5O3S/c28-16-10-8-14(9-11-16)23-33-26-36(34-23)25(39)22(40-26)21-18-6-1-2-7-19(18)35(24(21)38)13-20(37)32-17-5-3-4-15(12-17)27(29,30)31/h1-12H,13H2,(H,32,37). The topological polar surface area (TPSA) is 96.7 Å². The molecule has 40 heavy (non-hydrogen) atoms. The third kappa shape index (κ3) is 4.56. The highest BCUT2D eigenvalue weighted by molar-refractivity contribution is 9.10. The first-order valence-corrected chi connectivity index (χ1v) is 13.3. The molecule has 2 aromatic heterocycles. The van der Waals surface area contributed by atoms with E-state index in [2.05, 4.69) is 31.3 Å². The lowest BCUT2D eigenvalue weighted by Gasteiger charge is -2.17. The molecule has 0 atom stereocenters. The zero-order chi connectivity index (χ0) is 28.2. The number of carbonyl (C=O) groups is 2. The van der Waals surface area contributed by atoms with E-state index in [9.17, 15) is 27.6 Å². The van der Waals surface area contributed by atoms with E-state index in [1.165, 1.54) is 17.0 Å². The van der Waals surface area contributed by atoms with Crippen molar-refractivity contribution in [1.29, 1.82) is 0 Å². The molecule has 1 aliphatic heterocycles. The molecular formula is C27H15BrF3N5O3S. The molecule has 1 aliphatic rings. The lowest BCUT2D eigenvalue weighted by molar-refractivity contribution is -0.137. The summed E-state index contributed by atoms with van der Waals surface area (Å²) < 4.78 is 41.3. The maximum absolute atomic E-state index is 13.6. The second-order valence-corrected chi connectivity index (χ2v) is 10.7. The van der Waals surface area contributed by atoms with Crippen LogP contribution in [0.25, 0.3) is 21.9 Å². The highest BCUT2D eigenvalue weighted by Crippen LogP contribution is 2.35. The number of hydrogen-bond donors (Lipinski definition) is 1. The molecule has 8 nitrogen and oxygen atoms in total. The normalized spacial score (nSPS) is 14.6. The highest BCUT2D eigenvalue weighted by atomic mass is 79.9. The van der Waals surface area contributed by atoms with Crippen LogP contribution < -0.4 is 20.3 Å². The Morgan fingerprint density at radius 2 is 1.75 bits per heavy atom. The molecule has 1 N–H and O–H groups in total. The van der Waals surface area contributed by atoms with E-state index < -0.39 is 35.7 Å². The summed E-state index contributed by atoms with van der Waals surface area (Å²) in [5, 5.41) is 6.74. The van der Waals surface area contributed by atoms with Crippen LogP contribution in [0.3, 0.4) is 0 Å². The van der Waals surface area contributed by atoms with Gasteiger partial charge in [-0.3, -0.25) is 19.3 Å². The van der Waals surface area contributed by atoms with Crippen molar-refractivity contribution in [2.24, 2.45) is 0 Å². The predicted octanol–water partition coefficient (Wildman–Crippen LogP) is 4.50. The van der Waals surface area contributed by atoms with Crippen LogP contribution in [0, 0.1) is 0 Å². The number of para-hydroxylation sites is 1. The summed E-state index contributed by atoms with van der Waals surface area (Å²) in [4.78, 5) is 45.7. The van der Waals surface area contributed by atoms with Gasteiger partial charge in [0.2, 0.25) is 10.9 Å². The van der Waals surface area contributed by atoms with E-state index in [-0.39, 0.29) is 15.8 Å². The molecule has 0 radical (unpaired) electrons. The van der Waals surface area contributed by atoms with E-state index >= 15 is 0 Å². The maximum atomic E-state index is 13.6. The van der Waals surface area contributed by atoms with Crippen molar-refractivity contribution in [2.45, 2.75) is 6.18 Å². The molecule has 0 bridgehead atoms. The van der Waals surface area contributed by atoms with Crippen LogP contribution in [-0.2, 0) is 15.8 Å². The molecule has 0 spiro atoms. The third-order valence-corrected chi connectivity index (χ3v) is 7.74. The highest BCUT2D eigenvalue weighted by Gasteiger charge is 2.36. The van der Waals surface area contributed by atoms with Crippen LogP contribution in [0.5, 0.6) is 0 Å². The number of thiazole rings is 1. The van der Waals surface area contributed by atoms with Gasteiger partial charge in [0.25, 0.3) is 11.5 Å². The molecule has 3 heterocycles. The van der Waals surface area contributed by atoms with Gasteiger partial charge < -0.3 is 5.32 Å². The van der Waals surface area contributed by atoms with Crippen LogP contribution in [0.4, 0.5) is 24.5 Å². The molecule has 6 rings (SSSR count). The minimum atomic E-state index is -4.57. The van der Waals surface area contributed by atoms with Crippen molar-refractivity contribution in [3.63, 3.8) is 0 Å². The van der Waals surface area contributed by atoms with Crippen molar-refractivity contribution in [1.82, 2.24) is 14.6 Å². The van der Waals surface area contributed by atoms with Gasteiger partial charge in [0.05, 0.1) is 16.8 Å². The number of nitrogens with one attached hydrogen (secondary N) is 1. The minimum absolute atomic E-state index is 0.0575. The molecule has 0 saturated carbocycles. The molecule has 2 amide bonds. The number of benzene rings is 3. The number of amides is 2. The van der Waals surface area contributed by atoms with Gasteiger partial charge in [-0.05, 0) is 36.4 Å². The fraction of sp³-hybridized carbons (Fsp3) is 0.0741. The van der Waals surface area contributed by atoms with E-state index in [4.69, 9.17) is 0 Å². The summed E-state index contributed by atoms with van der Waals surface area (Å²) in [5.41, 5.74) is 0.181. The Hall–Kier alpha value is -4.36. The number of halogens is 4. The van der Waals surface area contributed by atoms with Crippen molar-refractivity contribution in [2.75, 3.05) is 16.8 Å². The number of fused-ring (bicyclic) bond motifs is 2. The molecule has 200 valence electrons. The molecule has 0 aliphatic carbocycles. The number of rotatable bonds is 4. The summed E-state index contributed by atoms with van der Waals surface area (Å²) in [6.07, 6.45) is -4.57. The lowest BCUT2D eigenvalue weighted by atomic mass is 10.1. The molecular weight excluding hydrogens is 611 g/mol. The zero-order valence-electron chi connectivity index (χ0n) is 20.1.